The molecule has 0 bridgehead atoms. The van der Waals surface area contributed by atoms with Crippen LogP contribution in [0.25, 0.3) is 0 Å². The Morgan fingerprint density at radius 1 is 1.43 bits per heavy atom. The van der Waals surface area contributed by atoms with Crippen molar-refractivity contribution in [1.29, 1.82) is 0 Å². The van der Waals surface area contributed by atoms with Gasteiger partial charge in [0.25, 0.3) is 5.56 Å². The van der Waals surface area contributed by atoms with Crippen molar-refractivity contribution >= 4 is 17.2 Å². The Labute approximate surface area is 139 Å². The fourth-order valence-electron chi connectivity index (χ4n) is 2.98. The first-order valence-corrected chi connectivity index (χ1v) is 8.87. The highest BCUT2D eigenvalue weighted by atomic mass is 32.1. The maximum absolute atomic E-state index is 12.5. The second kappa shape index (κ2) is 7.08. The van der Waals surface area contributed by atoms with Crippen molar-refractivity contribution in [2.75, 3.05) is 13.1 Å². The van der Waals surface area contributed by atoms with Gasteiger partial charge in [0.15, 0.2) is 0 Å². The van der Waals surface area contributed by atoms with E-state index in [1.165, 1.54) is 6.07 Å². The van der Waals surface area contributed by atoms with Gasteiger partial charge in [-0.25, -0.2) is 4.98 Å². The average molecular weight is 331 g/mol. The molecular formula is C17H21N3O2S. The molecule has 0 saturated carbocycles. The van der Waals surface area contributed by atoms with Crippen molar-refractivity contribution in [2.24, 2.45) is 0 Å². The number of amides is 1. The molecule has 0 N–H and O–H groups in total. The highest BCUT2D eigenvalue weighted by molar-refractivity contribution is 7.09. The number of aryl methyl sites for hydroxylation is 2. The standard InChI is InChI=1S/C17H21N3O2S/c1-13-12-23-17(18-13)14-5-4-9-20(11-14)16(22)7-10-19-8-3-2-6-15(19)21/h2-3,6,8,12,14H,4-5,7,9-11H2,1H3/t14-/m1/s1. The Hall–Kier alpha value is -1.95. The van der Waals surface area contributed by atoms with Crippen LogP contribution in [-0.4, -0.2) is 33.4 Å². The molecule has 3 heterocycles. The van der Waals surface area contributed by atoms with E-state index in [1.54, 1.807) is 28.2 Å². The molecule has 3 rings (SSSR count). The number of likely N-dealkylation sites (tertiary alicyclic amines) is 1. The van der Waals surface area contributed by atoms with Crippen LogP contribution in [0.3, 0.4) is 0 Å². The third-order valence-corrected chi connectivity index (χ3v) is 5.35. The highest BCUT2D eigenvalue weighted by Crippen LogP contribution is 2.29. The van der Waals surface area contributed by atoms with Gasteiger partial charge < -0.3 is 9.47 Å². The molecule has 1 saturated heterocycles. The summed E-state index contributed by atoms with van der Waals surface area (Å²) in [7, 11) is 0. The first-order chi connectivity index (χ1) is 11.1. The summed E-state index contributed by atoms with van der Waals surface area (Å²) in [6.07, 6.45) is 4.20. The molecule has 2 aromatic rings. The fourth-order valence-corrected chi connectivity index (χ4v) is 3.91. The number of aromatic nitrogens is 2. The Kier molecular flexibility index (Phi) is 4.91. The van der Waals surface area contributed by atoms with Gasteiger partial charge in [-0.05, 0) is 25.8 Å². The van der Waals surface area contributed by atoms with Crippen molar-refractivity contribution in [3.8, 4) is 0 Å². The van der Waals surface area contributed by atoms with E-state index in [-0.39, 0.29) is 11.5 Å². The van der Waals surface area contributed by atoms with Crippen molar-refractivity contribution in [2.45, 2.75) is 38.6 Å². The summed E-state index contributed by atoms with van der Waals surface area (Å²) in [6.45, 7) is 4.00. The number of carbonyl (C=O) groups is 1. The molecule has 5 nitrogen and oxygen atoms in total. The van der Waals surface area contributed by atoms with Crippen LogP contribution in [0, 0.1) is 6.92 Å². The number of piperidine rings is 1. The van der Waals surface area contributed by atoms with Gasteiger partial charge in [0.2, 0.25) is 5.91 Å². The number of rotatable bonds is 4. The molecule has 122 valence electrons. The molecule has 1 amide bonds. The van der Waals surface area contributed by atoms with E-state index in [4.69, 9.17) is 0 Å². The monoisotopic (exact) mass is 331 g/mol. The Balaban J connectivity index is 1.59. The van der Waals surface area contributed by atoms with E-state index in [0.717, 1.165) is 36.6 Å². The maximum Gasteiger partial charge on any atom is 0.250 e. The van der Waals surface area contributed by atoms with Gasteiger partial charge in [0, 0.05) is 55.3 Å². The van der Waals surface area contributed by atoms with E-state index < -0.39 is 0 Å². The molecule has 1 aliphatic heterocycles. The van der Waals surface area contributed by atoms with Crippen LogP contribution in [0.4, 0.5) is 0 Å². The molecule has 2 aromatic heterocycles. The molecular weight excluding hydrogens is 310 g/mol. The molecule has 6 heteroatoms. The number of carbonyl (C=O) groups excluding carboxylic acids is 1. The van der Waals surface area contributed by atoms with Crippen LogP contribution in [0.5, 0.6) is 0 Å². The van der Waals surface area contributed by atoms with Gasteiger partial charge in [0.05, 0.1) is 5.01 Å². The Morgan fingerprint density at radius 2 is 2.30 bits per heavy atom. The second-order valence-electron chi connectivity index (χ2n) is 5.99. The quantitative estimate of drug-likeness (QED) is 0.864. The van der Waals surface area contributed by atoms with E-state index >= 15 is 0 Å². The number of hydrogen-bond acceptors (Lipinski definition) is 4. The van der Waals surface area contributed by atoms with Crippen molar-refractivity contribution in [3.63, 3.8) is 0 Å². The van der Waals surface area contributed by atoms with Crippen LogP contribution in [0.15, 0.2) is 34.6 Å². The molecule has 0 aliphatic carbocycles. The third kappa shape index (κ3) is 3.88. The molecule has 0 spiro atoms. The second-order valence-corrected chi connectivity index (χ2v) is 6.88. The lowest BCUT2D eigenvalue weighted by atomic mass is 9.98. The fraction of sp³-hybridized carbons (Fsp3) is 0.471. The predicted octanol–water partition coefficient (Wildman–Crippen LogP) is 2.41. The summed E-state index contributed by atoms with van der Waals surface area (Å²) >= 11 is 1.69. The number of hydrogen-bond donors (Lipinski definition) is 0. The summed E-state index contributed by atoms with van der Waals surface area (Å²) in [6, 6.07) is 5.05. The van der Waals surface area contributed by atoms with Crippen molar-refractivity contribution < 1.29 is 4.79 Å². The van der Waals surface area contributed by atoms with Crippen LogP contribution < -0.4 is 5.56 Å². The van der Waals surface area contributed by atoms with Crippen LogP contribution >= 0.6 is 11.3 Å². The first kappa shape index (κ1) is 15.9. The minimum absolute atomic E-state index is 0.0601. The summed E-state index contributed by atoms with van der Waals surface area (Å²) < 4.78 is 1.59. The van der Waals surface area contributed by atoms with Gasteiger partial charge in [-0.1, -0.05) is 6.07 Å². The highest BCUT2D eigenvalue weighted by Gasteiger charge is 2.26. The number of thiazole rings is 1. The van der Waals surface area contributed by atoms with E-state index in [0.29, 0.717) is 18.9 Å². The molecule has 1 atom stereocenters. The summed E-state index contributed by atoms with van der Waals surface area (Å²) in [4.78, 5) is 30.6. The predicted molar refractivity (Wildman–Crippen MR) is 90.7 cm³/mol. The van der Waals surface area contributed by atoms with E-state index in [9.17, 15) is 9.59 Å². The largest absolute Gasteiger partial charge is 0.342 e. The lowest BCUT2D eigenvalue weighted by Crippen LogP contribution is -2.39. The molecule has 0 aromatic carbocycles. The van der Waals surface area contributed by atoms with Gasteiger partial charge in [0.1, 0.15) is 0 Å². The Bertz CT molecular complexity index is 737. The zero-order valence-electron chi connectivity index (χ0n) is 13.3. The lowest BCUT2D eigenvalue weighted by molar-refractivity contribution is -0.132. The Morgan fingerprint density at radius 3 is 3.04 bits per heavy atom. The third-order valence-electron chi connectivity index (χ3n) is 4.23. The topological polar surface area (TPSA) is 55.2 Å². The smallest absolute Gasteiger partial charge is 0.250 e. The maximum atomic E-state index is 12.5. The van der Waals surface area contributed by atoms with Crippen LogP contribution in [-0.2, 0) is 11.3 Å². The average Bonchev–Trinajstić information content (AvgIpc) is 3.00. The molecule has 0 unspecified atom stereocenters. The molecule has 0 radical (unpaired) electrons. The number of pyridine rings is 1. The summed E-state index contributed by atoms with van der Waals surface area (Å²) in [5, 5.41) is 3.21. The first-order valence-electron chi connectivity index (χ1n) is 7.99. The lowest BCUT2D eigenvalue weighted by Gasteiger charge is -2.32. The summed E-state index contributed by atoms with van der Waals surface area (Å²) in [5.74, 6) is 0.476. The van der Waals surface area contributed by atoms with Crippen LogP contribution in [0.1, 0.15) is 35.9 Å². The zero-order chi connectivity index (χ0) is 16.2. The summed E-state index contributed by atoms with van der Waals surface area (Å²) in [5.41, 5.74) is 0.993. The zero-order valence-corrected chi connectivity index (χ0v) is 14.1. The van der Waals surface area contributed by atoms with Gasteiger partial charge in [-0.2, -0.15) is 0 Å². The van der Waals surface area contributed by atoms with Crippen LogP contribution in [0.2, 0.25) is 0 Å². The number of nitrogens with zero attached hydrogens (tertiary/aromatic N) is 3. The normalized spacial score (nSPS) is 18.1. The molecule has 1 fully saturated rings. The van der Waals surface area contributed by atoms with Gasteiger partial charge in [-0.15, -0.1) is 11.3 Å². The SMILES string of the molecule is Cc1csc([C@@H]2CCCN(C(=O)CCn3ccccc3=O)C2)n1. The van der Waals surface area contributed by atoms with Crippen molar-refractivity contribution in [3.05, 3.63) is 50.8 Å². The molecule has 23 heavy (non-hydrogen) atoms. The van der Waals surface area contributed by atoms with Gasteiger partial charge in [-0.3, -0.25) is 9.59 Å². The minimum Gasteiger partial charge on any atom is -0.342 e. The van der Waals surface area contributed by atoms with E-state index in [1.807, 2.05) is 17.9 Å². The van der Waals surface area contributed by atoms with Crippen molar-refractivity contribution in [1.82, 2.24) is 14.5 Å². The molecule has 1 aliphatic rings. The van der Waals surface area contributed by atoms with E-state index in [2.05, 4.69) is 10.4 Å². The van der Waals surface area contributed by atoms with Gasteiger partial charge >= 0.3 is 0 Å². The minimum atomic E-state index is -0.0601.